The van der Waals surface area contributed by atoms with Gasteiger partial charge < -0.3 is 0 Å². The number of hydrogen-bond acceptors (Lipinski definition) is 3. The van der Waals surface area contributed by atoms with Crippen LogP contribution in [-0.4, -0.2) is 13.4 Å². The predicted molar refractivity (Wildman–Crippen MR) is 80.9 cm³/mol. The molecule has 0 saturated carbocycles. The molecular formula is C13H12Cl2N2O2S. The quantitative estimate of drug-likeness (QED) is 0.868. The second-order valence-electron chi connectivity index (χ2n) is 4.08. The fourth-order valence-corrected chi connectivity index (χ4v) is 3.34. The average molecular weight is 331 g/mol. The third kappa shape index (κ3) is 3.42. The van der Waals surface area contributed by atoms with Crippen LogP contribution in [0.3, 0.4) is 0 Å². The first-order valence-electron chi connectivity index (χ1n) is 5.86. The molecule has 1 N–H and O–H groups in total. The van der Waals surface area contributed by atoms with Crippen LogP contribution < -0.4 is 4.72 Å². The van der Waals surface area contributed by atoms with Crippen LogP contribution in [0.5, 0.6) is 0 Å². The lowest BCUT2D eigenvalue weighted by atomic mass is 10.2. The third-order valence-corrected chi connectivity index (χ3v) is 4.71. The first-order chi connectivity index (χ1) is 9.42. The zero-order chi connectivity index (χ0) is 14.8. The number of hydrogen-bond donors (Lipinski definition) is 1. The molecular weight excluding hydrogens is 319 g/mol. The van der Waals surface area contributed by atoms with Gasteiger partial charge in [0.15, 0.2) is 5.15 Å². The molecule has 1 aromatic carbocycles. The topological polar surface area (TPSA) is 59.1 Å². The summed E-state index contributed by atoms with van der Waals surface area (Å²) in [5, 5.41) is -0.0172. The smallest absolute Gasteiger partial charge is 0.264 e. The molecule has 2 aromatic rings. The van der Waals surface area contributed by atoms with Gasteiger partial charge in [-0.05, 0) is 36.2 Å². The van der Waals surface area contributed by atoms with E-state index in [1.54, 1.807) is 12.1 Å². The largest absolute Gasteiger partial charge is 0.280 e. The number of sulfonamides is 1. The van der Waals surface area contributed by atoms with E-state index in [1.165, 1.54) is 12.1 Å². The molecule has 0 bridgehead atoms. The summed E-state index contributed by atoms with van der Waals surface area (Å²) in [4.78, 5) is 3.61. The van der Waals surface area contributed by atoms with E-state index in [2.05, 4.69) is 9.71 Å². The highest BCUT2D eigenvalue weighted by Crippen LogP contribution is 2.24. The molecule has 4 nitrogen and oxygen atoms in total. The standard InChI is InChI=1S/C13H12Cl2N2O2S/c1-2-9-3-5-10(6-4-9)17-20(18,19)11-7-8-12(14)16-13(11)15/h3-8,17H,2H2,1H3. The Bertz CT molecular complexity index is 716. The van der Waals surface area contributed by atoms with Crippen molar-refractivity contribution in [2.45, 2.75) is 18.2 Å². The lowest BCUT2D eigenvalue weighted by Gasteiger charge is -2.09. The fourth-order valence-electron chi connectivity index (χ4n) is 1.62. The van der Waals surface area contributed by atoms with Crippen LogP contribution in [0.25, 0.3) is 0 Å². The molecule has 0 aliphatic carbocycles. The van der Waals surface area contributed by atoms with Gasteiger partial charge in [0.05, 0.1) is 0 Å². The van der Waals surface area contributed by atoms with Crippen molar-refractivity contribution in [3.05, 3.63) is 52.3 Å². The van der Waals surface area contributed by atoms with Gasteiger partial charge in [-0.25, -0.2) is 13.4 Å². The van der Waals surface area contributed by atoms with E-state index in [0.717, 1.165) is 12.0 Å². The fraction of sp³-hybridized carbons (Fsp3) is 0.154. The highest BCUT2D eigenvalue weighted by Gasteiger charge is 2.19. The van der Waals surface area contributed by atoms with Gasteiger partial charge in [0.2, 0.25) is 0 Å². The van der Waals surface area contributed by atoms with Crippen molar-refractivity contribution in [1.29, 1.82) is 0 Å². The lowest BCUT2D eigenvalue weighted by Crippen LogP contribution is -2.14. The summed E-state index contributed by atoms with van der Waals surface area (Å²) >= 11 is 11.5. The summed E-state index contributed by atoms with van der Waals surface area (Å²) < 4.78 is 26.9. The number of nitrogens with zero attached hydrogens (tertiary/aromatic N) is 1. The summed E-state index contributed by atoms with van der Waals surface area (Å²) in [6.07, 6.45) is 0.889. The number of anilines is 1. The van der Waals surface area contributed by atoms with E-state index in [9.17, 15) is 8.42 Å². The van der Waals surface area contributed by atoms with Gasteiger partial charge in [0.25, 0.3) is 10.0 Å². The number of nitrogens with one attached hydrogen (secondary N) is 1. The summed E-state index contributed by atoms with van der Waals surface area (Å²) in [5.74, 6) is 0. The van der Waals surface area contributed by atoms with Crippen molar-refractivity contribution in [3.63, 3.8) is 0 Å². The number of pyridine rings is 1. The van der Waals surface area contributed by atoms with E-state index in [0.29, 0.717) is 5.69 Å². The van der Waals surface area contributed by atoms with Gasteiger partial charge in [0, 0.05) is 5.69 Å². The second-order valence-corrected chi connectivity index (χ2v) is 6.47. The first-order valence-corrected chi connectivity index (χ1v) is 8.10. The maximum atomic E-state index is 12.2. The molecule has 0 unspecified atom stereocenters. The van der Waals surface area contributed by atoms with E-state index in [-0.39, 0.29) is 15.2 Å². The summed E-state index contributed by atoms with van der Waals surface area (Å²) in [5.41, 5.74) is 1.59. The van der Waals surface area contributed by atoms with E-state index in [4.69, 9.17) is 23.2 Å². The van der Waals surface area contributed by atoms with Crippen LogP contribution in [0.4, 0.5) is 5.69 Å². The maximum Gasteiger partial charge on any atom is 0.264 e. The number of rotatable bonds is 4. The maximum absolute atomic E-state index is 12.2. The van der Waals surface area contributed by atoms with Crippen molar-refractivity contribution in [2.24, 2.45) is 0 Å². The van der Waals surface area contributed by atoms with Gasteiger partial charge in [-0.15, -0.1) is 0 Å². The van der Waals surface area contributed by atoms with E-state index >= 15 is 0 Å². The summed E-state index contributed by atoms with van der Waals surface area (Å²) in [7, 11) is -3.78. The van der Waals surface area contributed by atoms with Gasteiger partial charge in [-0.2, -0.15) is 0 Å². The molecule has 106 valence electrons. The molecule has 1 aromatic heterocycles. The molecule has 0 fully saturated rings. The minimum atomic E-state index is -3.78. The van der Waals surface area contributed by atoms with Crippen molar-refractivity contribution in [1.82, 2.24) is 4.98 Å². The minimum Gasteiger partial charge on any atom is -0.280 e. The molecule has 2 rings (SSSR count). The molecule has 0 amide bonds. The lowest BCUT2D eigenvalue weighted by molar-refractivity contribution is 0.601. The molecule has 0 aliphatic rings. The van der Waals surface area contributed by atoms with Gasteiger partial charge >= 0.3 is 0 Å². The monoisotopic (exact) mass is 330 g/mol. The molecule has 0 spiro atoms. The Labute approximate surface area is 127 Å². The molecule has 0 atom stereocenters. The Morgan fingerprint density at radius 1 is 1.10 bits per heavy atom. The molecule has 0 radical (unpaired) electrons. The Hall–Kier alpha value is -1.30. The predicted octanol–water partition coefficient (Wildman–Crippen LogP) is 3.75. The Kier molecular flexibility index (Phi) is 4.52. The number of aromatic nitrogens is 1. The number of aryl methyl sites for hydroxylation is 1. The average Bonchev–Trinajstić information content (AvgIpc) is 2.38. The Morgan fingerprint density at radius 2 is 1.75 bits per heavy atom. The third-order valence-electron chi connectivity index (χ3n) is 2.68. The van der Waals surface area contributed by atoms with Crippen LogP contribution in [0, 0.1) is 0 Å². The summed E-state index contributed by atoms with van der Waals surface area (Å²) in [6.45, 7) is 2.03. The Balaban J connectivity index is 2.30. The zero-order valence-electron chi connectivity index (χ0n) is 10.6. The first kappa shape index (κ1) is 15.1. The normalized spacial score (nSPS) is 11.3. The zero-order valence-corrected chi connectivity index (χ0v) is 12.9. The number of halogens is 2. The number of benzene rings is 1. The van der Waals surface area contributed by atoms with Gasteiger partial charge in [-0.3, -0.25) is 4.72 Å². The van der Waals surface area contributed by atoms with Crippen molar-refractivity contribution in [3.8, 4) is 0 Å². The van der Waals surface area contributed by atoms with Crippen LogP contribution in [-0.2, 0) is 16.4 Å². The molecule has 0 aliphatic heterocycles. The molecule has 7 heteroatoms. The second kappa shape index (κ2) is 5.99. The van der Waals surface area contributed by atoms with Crippen LogP contribution in [0.1, 0.15) is 12.5 Å². The van der Waals surface area contributed by atoms with Crippen molar-refractivity contribution < 1.29 is 8.42 Å². The highest BCUT2D eigenvalue weighted by atomic mass is 35.5. The summed E-state index contributed by atoms with van der Waals surface area (Å²) in [6, 6.07) is 9.82. The molecule has 20 heavy (non-hydrogen) atoms. The molecule has 1 heterocycles. The Morgan fingerprint density at radius 3 is 2.30 bits per heavy atom. The molecule has 0 saturated heterocycles. The van der Waals surface area contributed by atoms with E-state index in [1.807, 2.05) is 19.1 Å². The highest BCUT2D eigenvalue weighted by molar-refractivity contribution is 7.92. The van der Waals surface area contributed by atoms with Crippen LogP contribution in [0.15, 0.2) is 41.3 Å². The minimum absolute atomic E-state index is 0.108. The van der Waals surface area contributed by atoms with Gasteiger partial charge in [-0.1, -0.05) is 42.3 Å². The SMILES string of the molecule is CCc1ccc(NS(=O)(=O)c2ccc(Cl)nc2Cl)cc1. The van der Waals surface area contributed by atoms with E-state index < -0.39 is 10.0 Å². The van der Waals surface area contributed by atoms with Gasteiger partial charge in [0.1, 0.15) is 10.0 Å². The van der Waals surface area contributed by atoms with Crippen molar-refractivity contribution >= 4 is 38.9 Å². The van der Waals surface area contributed by atoms with Crippen molar-refractivity contribution in [2.75, 3.05) is 4.72 Å². The van der Waals surface area contributed by atoms with Crippen LogP contribution >= 0.6 is 23.2 Å². The van der Waals surface area contributed by atoms with Crippen LogP contribution in [0.2, 0.25) is 10.3 Å².